The number of furan rings is 1. The zero-order valence-corrected chi connectivity index (χ0v) is 26.2. The molecule has 2 nitrogen and oxygen atoms in total. The van der Waals surface area contributed by atoms with E-state index in [1.54, 1.807) is 0 Å². The van der Waals surface area contributed by atoms with Gasteiger partial charge in [0.2, 0.25) is 0 Å². The Kier molecular flexibility index (Phi) is 5.78. The van der Waals surface area contributed by atoms with Crippen molar-refractivity contribution in [3.05, 3.63) is 164 Å². The van der Waals surface area contributed by atoms with Crippen LogP contribution in [-0.2, 0) is 0 Å². The van der Waals surface area contributed by atoms with Gasteiger partial charge in [-0.25, -0.2) is 0 Å². The number of hydrogen-bond acceptors (Lipinski definition) is 3. The Morgan fingerprint density at radius 1 is 0.426 bits per heavy atom. The molecule has 0 aliphatic heterocycles. The third-order valence-corrected chi connectivity index (χ3v) is 10.6. The molecule has 0 saturated carbocycles. The Morgan fingerprint density at radius 2 is 1.13 bits per heavy atom. The summed E-state index contributed by atoms with van der Waals surface area (Å²) in [5, 5.41) is 9.76. The smallest absolute Gasteiger partial charge is 0.136 e. The Bertz CT molecular complexity index is 2800. The van der Waals surface area contributed by atoms with Crippen LogP contribution in [0.4, 0.5) is 17.1 Å². The van der Waals surface area contributed by atoms with Gasteiger partial charge in [-0.2, -0.15) is 0 Å². The number of rotatable bonds is 4. The first-order valence-corrected chi connectivity index (χ1v) is 16.7. The quantitative estimate of drug-likeness (QED) is 0.195. The number of fused-ring (bicyclic) bond motifs is 9. The minimum atomic E-state index is 0.910. The lowest BCUT2D eigenvalue weighted by molar-refractivity contribution is 0.669. The van der Waals surface area contributed by atoms with E-state index in [2.05, 4.69) is 163 Å². The third kappa shape index (κ3) is 4.10. The summed E-state index contributed by atoms with van der Waals surface area (Å²) >= 11 is 1.85. The van der Waals surface area contributed by atoms with Crippen LogP contribution in [0.5, 0.6) is 0 Å². The maximum absolute atomic E-state index is 6.28. The van der Waals surface area contributed by atoms with Crippen LogP contribution < -0.4 is 4.90 Å². The molecule has 0 aliphatic carbocycles. The van der Waals surface area contributed by atoms with Crippen LogP contribution in [0.2, 0.25) is 0 Å². The summed E-state index contributed by atoms with van der Waals surface area (Å²) in [6, 6.07) is 59.1. The highest BCUT2D eigenvalue weighted by molar-refractivity contribution is 7.25. The highest BCUT2D eigenvalue weighted by atomic mass is 32.1. The summed E-state index contributed by atoms with van der Waals surface area (Å²) in [6.45, 7) is 0. The molecule has 220 valence electrons. The van der Waals surface area contributed by atoms with E-state index in [0.717, 1.165) is 39.0 Å². The number of anilines is 3. The van der Waals surface area contributed by atoms with Crippen molar-refractivity contribution in [2.24, 2.45) is 0 Å². The number of thiophene rings is 1. The molecule has 47 heavy (non-hydrogen) atoms. The molecule has 0 N–H and O–H groups in total. The second-order valence-electron chi connectivity index (χ2n) is 12.1. The molecule has 0 radical (unpaired) electrons. The second-order valence-corrected chi connectivity index (χ2v) is 13.2. The molecule has 0 fully saturated rings. The van der Waals surface area contributed by atoms with Crippen LogP contribution in [-0.4, -0.2) is 0 Å². The lowest BCUT2D eigenvalue weighted by atomic mass is 9.97. The molecule has 0 spiro atoms. The van der Waals surface area contributed by atoms with E-state index in [4.69, 9.17) is 4.42 Å². The van der Waals surface area contributed by atoms with Crippen LogP contribution in [0.25, 0.3) is 74.8 Å². The topological polar surface area (TPSA) is 16.4 Å². The fourth-order valence-electron chi connectivity index (χ4n) is 7.31. The fraction of sp³-hybridized carbons (Fsp3) is 0. The van der Waals surface area contributed by atoms with Crippen LogP contribution in [0.3, 0.4) is 0 Å². The molecule has 2 heterocycles. The summed E-state index contributed by atoms with van der Waals surface area (Å²) in [4.78, 5) is 2.41. The number of para-hydroxylation sites is 1. The van der Waals surface area contributed by atoms with Gasteiger partial charge in [0.25, 0.3) is 0 Å². The summed E-state index contributed by atoms with van der Waals surface area (Å²) in [7, 11) is 0. The maximum atomic E-state index is 6.28. The van der Waals surface area contributed by atoms with E-state index in [9.17, 15) is 0 Å². The molecule has 0 aliphatic rings. The van der Waals surface area contributed by atoms with Gasteiger partial charge in [-0.15, -0.1) is 11.3 Å². The minimum Gasteiger partial charge on any atom is -0.456 e. The van der Waals surface area contributed by atoms with Gasteiger partial charge in [0, 0.05) is 47.7 Å². The summed E-state index contributed by atoms with van der Waals surface area (Å²) in [6.07, 6.45) is 0. The van der Waals surface area contributed by atoms with Crippen molar-refractivity contribution in [1.29, 1.82) is 0 Å². The monoisotopic (exact) mass is 617 g/mol. The van der Waals surface area contributed by atoms with E-state index in [-0.39, 0.29) is 0 Å². The fourth-order valence-corrected chi connectivity index (χ4v) is 8.39. The largest absolute Gasteiger partial charge is 0.456 e. The molecule has 10 aromatic rings. The van der Waals surface area contributed by atoms with E-state index in [1.165, 1.54) is 52.8 Å². The lowest BCUT2D eigenvalue weighted by Gasteiger charge is -2.27. The Hall–Kier alpha value is -5.90. The minimum absolute atomic E-state index is 0.910. The van der Waals surface area contributed by atoms with Gasteiger partial charge in [0.05, 0.1) is 5.69 Å². The molecule has 8 aromatic carbocycles. The predicted molar refractivity (Wildman–Crippen MR) is 202 cm³/mol. The Labute approximate surface area is 275 Å². The molecule has 0 saturated heterocycles. The molecule has 0 atom stereocenters. The van der Waals surface area contributed by atoms with Crippen molar-refractivity contribution < 1.29 is 4.42 Å². The van der Waals surface area contributed by atoms with Gasteiger partial charge >= 0.3 is 0 Å². The average Bonchev–Trinajstić information content (AvgIpc) is 3.70. The molecule has 0 unspecified atom stereocenters. The molecule has 2 aromatic heterocycles. The van der Waals surface area contributed by atoms with Crippen molar-refractivity contribution in [1.82, 2.24) is 0 Å². The first-order valence-electron chi connectivity index (χ1n) is 15.9. The summed E-state index contributed by atoms with van der Waals surface area (Å²) < 4.78 is 8.89. The van der Waals surface area contributed by atoms with Crippen LogP contribution in [0, 0.1) is 0 Å². The Morgan fingerprint density at radius 3 is 2.04 bits per heavy atom. The summed E-state index contributed by atoms with van der Waals surface area (Å²) in [5.41, 5.74) is 7.64. The second kappa shape index (κ2) is 10.3. The first-order chi connectivity index (χ1) is 23.3. The van der Waals surface area contributed by atoms with Crippen molar-refractivity contribution in [2.75, 3.05) is 4.90 Å². The molecule has 10 rings (SSSR count). The van der Waals surface area contributed by atoms with E-state index in [1.807, 2.05) is 17.4 Å². The van der Waals surface area contributed by atoms with Crippen LogP contribution in [0.15, 0.2) is 168 Å². The standard InChI is InChI=1S/C44H27NOS/c1-2-11-32-28(9-1)10-7-14-33(32)29-19-21-30(22-20-29)45(31-23-26-43-38(27-31)35-12-4-6-18-42(35)47-43)39-16-8-15-36-34(39)24-25-41-44(36)37-13-3-5-17-40(37)46-41/h1-27H. The summed E-state index contributed by atoms with van der Waals surface area (Å²) in [5.74, 6) is 0. The average molecular weight is 618 g/mol. The van der Waals surface area contributed by atoms with E-state index >= 15 is 0 Å². The third-order valence-electron chi connectivity index (χ3n) is 9.46. The van der Waals surface area contributed by atoms with Crippen molar-refractivity contribution in [3.8, 4) is 11.1 Å². The van der Waals surface area contributed by atoms with Gasteiger partial charge in [0.15, 0.2) is 0 Å². The van der Waals surface area contributed by atoms with E-state index < -0.39 is 0 Å². The van der Waals surface area contributed by atoms with Gasteiger partial charge in [-0.1, -0.05) is 103 Å². The van der Waals surface area contributed by atoms with Gasteiger partial charge in [0.1, 0.15) is 11.2 Å². The molecule has 3 heteroatoms. The molecular formula is C44H27NOS. The van der Waals surface area contributed by atoms with Gasteiger partial charge in [-0.05, 0) is 87.9 Å². The van der Waals surface area contributed by atoms with E-state index in [0.29, 0.717) is 0 Å². The van der Waals surface area contributed by atoms with Crippen LogP contribution >= 0.6 is 11.3 Å². The van der Waals surface area contributed by atoms with Crippen molar-refractivity contribution >= 4 is 92.1 Å². The SMILES string of the molecule is c1ccc2c(-c3ccc(N(c4ccc5sc6ccccc6c5c4)c4cccc5c4ccc4oc6ccccc6c45)cc3)cccc2c1. The molecular weight excluding hydrogens is 591 g/mol. The number of hydrogen-bond donors (Lipinski definition) is 0. The molecule has 0 amide bonds. The zero-order chi connectivity index (χ0) is 30.9. The zero-order valence-electron chi connectivity index (χ0n) is 25.4. The number of benzene rings is 8. The maximum Gasteiger partial charge on any atom is 0.136 e. The normalized spacial score (nSPS) is 11.8. The highest BCUT2D eigenvalue weighted by Gasteiger charge is 2.19. The van der Waals surface area contributed by atoms with Crippen molar-refractivity contribution in [3.63, 3.8) is 0 Å². The highest BCUT2D eigenvalue weighted by Crippen LogP contribution is 2.45. The lowest BCUT2D eigenvalue weighted by Crippen LogP contribution is -2.10. The first kappa shape index (κ1) is 26.3. The van der Waals surface area contributed by atoms with Gasteiger partial charge in [-0.3, -0.25) is 0 Å². The predicted octanol–water partition coefficient (Wildman–Crippen LogP) is 13.4. The molecule has 0 bridgehead atoms. The Balaban J connectivity index is 1.21. The number of nitrogens with zero attached hydrogens (tertiary/aromatic N) is 1. The van der Waals surface area contributed by atoms with Crippen LogP contribution in [0.1, 0.15) is 0 Å². The van der Waals surface area contributed by atoms with Gasteiger partial charge < -0.3 is 9.32 Å². The van der Waals surface area contributed by atoms with Crippen molar-refractivity contribution in [2.45, 2.75) is 0 Å².